The largest absolute Gasteiger partial charge is 0.482 e. The number of carbonyl (C=O) groups excluding carboxylic acids is 2. The highest BCUT2D eigenvalue weighted by Gasteiger charge is 2.28. The molecule has 31 heavy (non-hydrogen) atoms. The predicted octanol–water partition coefficient (Wildman–Crippen LogP) is 4.99. The molecule has 0 aliphatic rings. The highest BCUT2D eigenvalue weighted by atomic mass is 35.5. The van der Waals surface area contributed by atoms with Crippen LogP contribution < -0.4 is 10.1 Å². The van der Waals surface area contributed by atoms with Gasteiger partial charge in [0.1, 0.15) is 11.8 Å². The summed E-state index contributed by atoms with van der Waals surface area (Å²) in [6, 6.07) is 14.1. The molecule has 1 N–H and O–H groups in total. The second kappa shape index (κ2) is 12.6. The van der Waals surface area contributed by atoms with Crippen LogP contribution in [0.25, 0.3) is 0 Å². The van der Waals surface area contributed by atoms with Gasteiger partial charge in [0.2, 0.25) is 5.91 Å². The smallest absolute Gasteiger partial charge is 0.261 e. The molecule has 7 heteroatoms. The van der Waals surface area contributed by atoms with Crippen LogP contribution in [0.1, 0.15) is 32.8 Å². The molecule has 0 aromatic heterocycles. The minimum Gasteiger partial charge on any atom is -0.482 e. The SMILES string of the molecule is CC[C@@H](C(=O)NCC(C)C)N(CCc1ccccc1)C(=O)COc1ccc(Cl)cc1Cl. The fourth-order valence-electron chi connectivity index (χ4n) is 3.13. The molecule has 0 bridgehead atoms. The van der Waals surface area contributed by atoms with E-state index in [-0.39, 0.29) is 18.4 Å². The lowest BCUT2D eigenvalue weighted by Gasteiger charge is -2.30. The molecular weight excluding hydrogens is 435 g/mol. The Morgan fingerprint density at radius 1 is 1.10 bits per heavy atom. The molecule has 2 rings (SSSR count). The molecule has 0 heterocycles. The van der Waals surface area contributed by atoms with Crippen molar-refractivity contribution in [2.75, 3.05) is 19.7 Å². The van der Waals surface area contributed by atoms with Crippen molar-refractivity contribution in [3.63, 3.8) is 0 Å². The molecule has 168 valence electrons. The van der Waals surface area contributed by atoms with Gasteiger partial charge >= 0.3 is 0 Å². The van der Waals surface area contributed by atoms with E-state index in [2.05, 4.69) is 5.32 Å². The lowest BCUT2D eigenvalue weighted by atomic mass is 10.1. The first-order chi connectivity index (χ1) is 14.8. The van der Waals surface area contributed by atoms with E-state index in [1.54, 1.807) is 23.1 Å². The van der Waals surface area contributed by atoms with Gasteiger partial charge in [0.25, 0.3) is 5.91 Å². The van der Waals surface area contributed by atoms with Gasteiger partial charge in [-0.3, -0.25) is 9.59 Å². The minimum absolute atomic E-state index is 0.151. The highest BCUT2D eigenvalue weighted by Crippen LogP contribution is 2.27. The summed E-state index contributed by atoms with van der Waals surface area (Å²) in [6.45, 7) is 6.72. The van der Waals surface area contributed by atoms with Crippen LogP contribution in [-0.2, 0) is 16.0 Å². The number of hydrogen-bond donors (Lipinski definition) is 1. The normalized spacial score (nSPS) is 11.8. The van der Waals surface area contributed by atoms with E-state index in [1.165, 1.54) is 0 Å². The van der Waals surface area contributed by atoms with Crippen LogP contribution in [0.2, 0.25) is 10.0 Å². The summed E-state index contributed by atoms with van der Waals surface area (Å²) in [5.41, 5.74) is 1.10. The third-order valence-electron chi connectivity index (χ3n) is 4.80. The van der Waals surface area contributed by atoms with E-state index >= 15 is 0 Å². The van der Waals surface area contributed by atoms with Crippen LogP contribution in [0.15, 0.2) is 48.5 Å². The first kappa shape index (κ1) is 25.0. The second-order valence-corrected chi connectivity index (χ2v) is 8.59. The Morgan fingerprint density at radius 2 is 1.81 bits per heavy atom. The maximum atomic E-state index is 13.1. The zero-order valence-electron chi connectivity index (χ0n) is 18.2. The number of carbonyl (C=O) groups is 2. The van der Waals surface area contributed by atoms with Crippen LogP contribution in [0, 0.1) is 5.92 Å². The van der Waals surface area contributed by atoms with E-state index in [0.29, 0.717) is 47.6 Å². The topological polar surface area (TPSA) is 58.6 Å². The number of rotatable bonds is 11. The zero-order chi connectivity index (χ0) is 22.8. The van der Waals surface area contributed by atoms with Crippen LogP contribution in [-0.4, -0.2) is 42.5 Å². The summed E-state index contributed by atoms with van der Waals surface area (Å²) in [5, 5.41) is 3.76. The van der Waals surface area contributed by atoms with Crippen LogP contribution >= 0.6 is 23.2 Å². The number of nitrogens with one attached hydrogen (secondary N) is 1. The monoisotopic (exact) mass is 464 g/mol. The number of hydrogen-bond acceptors (Lipinski definition) is 3. The standard InChI is InChI=1S/C24H30Cl2N2O3/c1-4-21(24(30)27-15-17(2)3)28(13-12-18-8-6-5-7-9-18)23(29)16-31-22-11-10-19(25)14-20(22)26/h5-11,14,17,21H,4,12-13,15-16H2,1-3H3,(H,27,30)/t21-/m0/s1. The predicted molar refractivity (Wildman–Crippen MR) is 126 cm³/mol. The number of amides is 2. The van der Waals surface area contributed by atoms with E-state index in [4.69, 9.17) is 27.9 Å². The Kier molecular flexibility index (Phi) is 10.2. The zero-order valence-corrected chi connectivity index (χ0v) is 19.7. The lowest BCUT2D eigenvalue weighted by Crippen LogP contribution is -2.51. The molecule has 0 unspecified atom stereocenters. The van der Waals surface area contributed by atoms with E-state index in [1.807, 2.05) is 51.1 Å². The molecule has 2 amide bonds. The molecule has 0 spiro atoms. The average molecular weight is 465 g/mol. The molecule has 1 atom stereocenters. The fraction of sp³-hybridized carbons (Fsp3) is 0.417. The van der Waals surface area contributed by atoms with Crippen LogP contribution in [0.4, 0.5) is 0 Å². The van der Waals surface area contributed by atoms with Crippen molar-refractivity contribution in [3.05, 3.63) is 64.1 Å². The molecular formula is C24H30Cl2N2O3. The lowest BCUT2D eigenvalue weighted by molar-refractivity contribution is -0.142. The Morgan fingerprint density at radius 3 is 2.42 bits per heavy atom. The molecule has 2 aromatic carbocycles. The summed E-state index contributed by atoms with van der Waals surface area (Å²) in [7, 11) is 0. The van der Waals surface area contributed by atoms with Gasteiger partial charge in [-0.15, -0.1) is 0 Å². The van der Waals surface area contributed by atoms with Crippen LogP contribution in [0.3, 0.4) is 0 Å². The van der Waals surface area contributed by atoms with E-state index in [0.717, 1.165) is 5.56 Å². The summed E-state index contributed by atoms with van der Waals surface area (Å²) in [6.07, 6.45) is 1.15. The second-order valence-electron chi connectivity index (χ2n) is 7.75. The van der Waals surface area contributed by atoms with Gasteiger partial charge < -0.3 is 15.0 Å². The summed E-state index contributed by atoms with van der Waals surface area (Å²) in [5.74, 6) is 0.278. The first-order valence-corrected chi connectivity index (χ1v) is 11.3. The van der Waals surface area contributed by atoms with Gasteiger partial charge in [-0.05, 0) is 42.5 Å². The highest BCUT2D eigenvalue weighted by molar-refractivity contribution is 6.35. The van der Waals surface area contributed by atoms with Crippen LogP contribution in [0.5, 0.6) is 5.75 Å². The van der Waals surface area contributed by atoms with Gasteiger partial charge in [-0.2, -0.15) is 0 Å². The molecule has 0 saturated heterocycles. The first-order valence-electron chi connectivity index (χ1n) is 10.5. The van der Waals surface area contributed by atoms with Gasteiger partial charge in [0.15, 0.2) is 6.61 Å². The number of nitrogens with zero attached hydrogens (tertiary/aromatic N) is 1. The number of ether oxygens (including phenoxy) is 1. The molecule has 2 aromatic rings. The quantitative estimate of drug-likeness (QED) is 0.509. The molecule has 0 fully saturated rings. The van der Waals surface area contributed by atoms with Crippen molar-refractivity contribution in [2.24, 2.45) is 5.92 Å². The fourth-order valence-corrected chi connectivity index (χ4v) is 3.60. The third-order valence-corrected chi connectivity index (χ3v) is 5.33. The average Bonchev–Trinajstić information content (AvgIpc) is 2.74. The van der Waals surface area contributed by atoms with E-state index < -0.39 is 6.04 Å². The third kappa shape index (κ3) is 8.08. The van der Waals surface area contributed by atoms with Crippen molar-refractivity contribution < 1.29 is 14.3 Å². The molecule has 0 radical (unpaired) electrons. The summed E-state index contributed by atoms with van der Waals surface area (Å²) < 4.78 is 5.65. The van der Waals surface area contributed by atoms with Crippen molar-refractivity contribution >= 4 is 35.0 Å². The molecule has 5 nitrogen and oxygen atoms in total. The Balaban J connectivity index is 2.13. The Labute approximate surface area is 194 Å². The van der Waals surface area contributed by atoms with Gasteiger partial charge in [-0.25, -0.2) is 0 Å². The van der Waals surface area contributed by atoms with Gasteiger partial charge in [-0.1, -0.05) is 74.3 Å². The van der Waals surface area contributed by atoms with E-state index in [9.17, 15) is 9.59 Å². The Bertz CT molecular complexity index is 859. The van der Waals surface area contributed by atoms with Crippen molar-refractivity contribution in [3.8, 4) is 5.75 Å². The maximum absolute atomic E-state index is 13.1. The minimum atomic E-state index is -0.570. The maximum Gasteiger partial charge on any atom is 0.261 e. The Hall–Kier alpha value is -2.24. The molecule has 0 aliphatic heterocycles. The van der Waals surface area contributed by atoms with Gasteiger partial charge in [0.05, 0.1) is 5.02 Å². The van der Waals surface area contributed by atoms with Gasteiger partial charge in [0, 0.05) is 18.1 Å². The molecule has 0 aliphatic carbocycles. The molecule has 0 saturated carbocycles. The van der Waals surface area contributed by atoms with Crippen molar-refractivity contribution in [1.82, 2.24) is 10.2 Å². The number of benzene rings is 2. The van der Waals surface area contributed by atoms with Crippen molar-refractivity contribution in [1.29, 1.82) is 0 Å². The summed E-state index contributed by atoms with van der Waals surface area (Å²) >= 11 is 12.1. The van der Waals surface area contributed by atoms with Crippen molar-refractivity contribution in [2.45, 2.75) is 39.7 Å². The number of halogens is 2. The summed E-state index contributed by atoms with van der Waals surface area (Å²) in [4.78, 5) is 27.5.